The number of hydrogen-bond donors (Lipinski definition) is 0. The summed E-state index contributed by atoms with van der Waals surface area (Å²) >= 11 is 0. The summed E-state index contributed by atoms with van der Waals surface area (Å²) in [6.45, 7) is 3.19. The molecule has 0 unspecified atom stereocenters. The van der Waals surface area contributed by atoms with Crippen LogP contribution in [-0.2, 0) is 12.0 Å². The maximum Gasteiger partial charge on any atom is 0.397 e. The molecular formula is C19H18F3N3O2. The number of ether oxygens (including phenoxy) is 2. The van der Waals surface area contributed by atoms with Crippen molar-refractivity contribution < 1.29 is 22.6 Å². The van der Waals surface area contributed by atoms with Crippen LogP contribution in [0.5, 0.6) is 11.8 Å². The summed E-state index contributed by atoms with van der Waals surface area (Å²) < 4.78 is 52.8. The van der Waals surface area contributed by atoms with Gasteiger partial charge in [0.25, 0.3) is 6.01 Å². The average molecular weight is 377 g/mol. The van der Waals surface area contributed by atoms with Crippen molar-refractivity contribution in [3.05, 3.63) is 48.3 Å². The fraction of sp³-hybridized carbons (Fsp3) is 0.368. The molecule has 1 aliphatic heterocycles. The van der Waals surface area contributed by atoms with E-state index in [1.165, 1.54) is 12.1 Å². The predicted molar refractivity (Wildman–Crippen MR) is 93.0 cm³/mol. The molecule has 0 N–H and O–H groups in total. The molecule has 5 nitrogen and oxygen atoms in total. The molecule has 0 radical (unpaired) electrons. The second-order valence-electron chi connectivity index (χ2n) is 7.07. The zero-order chi connectivity index (χ0) is 19.2. The van der Waals surface area contributed by atoms with E-state index in [1.54, 1.807) is 24.5 Å². The molecule has 1 atom stereocenters. The van der Waals surface area contributed by atoms with Gasteiger partial charge >= 0.3 is 6.18 Å². The lowest BCUT2D eigenvalue weighted by Crippen LogP contribution is -2.36. The molecule has 2 aromatic heterocycles. The Morgan fingerprint density at radius 1 is 1.19 bits per heavy atom. The van der Waals surface area contributed by atoms with E-state index in [4.69, 9.17) is 9.47 Å². The highest BCUT2D eigenvalue weighted by Gasteiger charge is 2.48. The standard InChI is InChI=1S/C19H18F3N3O2/c1-18(2,19(20,21)22)12-3-5-13(6-4-12)26-11-14-10-25-16-7-8-23-9-15(16)24-17(25)27-14/h3-9,14H,10-11H2,1-2H3/t14-/m0/s1. The Balaban J connectivity index is 1.40. The van der Waals surface area contributed by atoms with Crippen LogP contribution in [-0.4, -0.2) is 33.4 Å². The fourth-order valence-corrected chi connectivity index (χ4v) is 3.02. The molecular weight excluding hydrogens is 359 g/mol. The molecule has 0 saturated heterocycles. The Labute approximate surface area is 153 Å². The van der Waals surface area contributed by atoms with Crippen molar-refractivity contribution >= 4 is 11.0 Å². The minimum Gasteiger partial charge on any atom is -0.490 e. The summed E-state index contributed by atoms with van der Waals surface area (Å²) in [5.74, 6) is 0.499. The van der Waals surface area contributed by atoms with E-state index in [0.29, 0.717) is 18.3 Å². The monoisotopic (exact) mass is 377 g/mol. The van der Waals surface area contributed by atoms with Crippen LogP contribution < -0.4 is 9.47 Å². The minimum absolute atomic E-state index is 0.194. The van der Waals surface area contributed by atoms with Gasteiger partial charge in [0.05, 0.1) is 23.7 Å². The third kappa shape index (κ3) is 3.09. The van der Waals surface area contributed by atoms with E-state index in [9.17, 15) is 13.2 Å². The number of halogens is 3. The summed E-state index contributed by atoms with van der Waals surface area (Å²) in [7, 11) is 0. The lowest BCUT2D eigenvalue weighted by molar-refractivity contribution is -0.180. The number of pyridine rings is 1. The first kappa shape index (κ1) is 17.6. The summed E-state index contributed by atoms with van der Waals surface area (Å²) in [5.41, 5.74) is 0.00114. The van der Waals surface area contributed by atoms with Crippen LogP contribution in [0.2, 0.25) is 0 Å². The van der Waals surface area contributed by atoms with Crippen molar-refractivity contribution in [2.45, 2.75) is 38.1 Å². The van der Waals surface area contributed by atoms with Crippen molar-refractivity contribution in [1.82, 2.24) is 14.5 Å². The smallest absolute Gasteiger partial charge is 0.397 e. The Hall–Kier alpha value is -2.77. The zero-order valence-corrected chi connectivity index (χ0v) is 14.8. The first-order valence-corrected chi connectivity index (χ1v) is 8.53. The van der Waals surface area contributed by atoms with E-state index >= 15 is 0 Å². The number of hydrogen-bond acceptors (Lipinski definition) is 4. The molecule has 4 rings (SSSR count). The lowest BCUT2D eigenvalue weighted by Gasteiger charge is -2.28. The molecule has 0 spiro atoms. The first-order chi connectivity index (χ1) is 12.8. The highest BCUT2D eigenvalue weighted by Crippen LogP contribution is 2.40. The van der Waals surface area contributed by atoms with Crippen molar-refractivity contribution in [3.63, 3.8) is 0 Å². The number of aromatic nitrogens is 3. The Kier molecular flexibility index (Phi) is 4.01. The van der Waals surface area contributed by atoms with Crippen molar-refractivity contribution in [3.8, 4) is 11.8 Å². The van der Waals surface area contributed by atoms with Crippen molar-refractivity contribution in [2.24, 2.45) is 0 Å². The summed E-state index contributed by atoms with van der Waals surface area (Å²) in [6, 6.07) is 8.40. The van der Waals surface area contributed by atoms with Gasteiger partial charge in [-0.15, -0.1) is 0 Å². The van der Waals surface area contributed by atoms with E-state index in [2.05, 4.69) is 9.97 Å². The quantitative estimate of drug-likeness (QED) is 0.687. The number of rotatable bonds is 4. The van der Waals surface area contributed by atoms with Gasteiger partial charge in [-0.1, -0.05) is 12.1 Å². The second kappa shape index (κ2) is 6.14. The molecule has 27 heavy (non-hydrogen) atoms. The van der Waals surface area contributed by atoms with Gasteiger partial charge in [-0.2, -0.15) is 18.2 Å². The topological polar surface area (TPSA) is 49.2 Å². The SMILES string of the molecule is CC(C)(c1ccc(OC[C@@H]2Cn3c(nc4cnccc43)O2)cc1)C(F)(F)F. The van der Waals surface area contributed by atoms with Gasteiger partial charge in [0.2, 0.25) is 0 Å². The Bertz CT molecular complexity index is 964. The molecule has 1 aliphatic rings. The number of imidazole rings is 1. The molecule has 3 aromatic rings. The zero-order valence-electron chi connectivity index (χ0n) is 14.8. The molecule has 8 heteroatoms. The average Bonchev–Trinajstić information content (AvgIpc) is 3.16. The van der Waals surface area contributed by atoms with Crippen LogP contribution >= 0.6 is 0 Å². The van der Waals surface area contributed by atoms with Gasteiger partial charge in [0, 0.05) is 6.20 Å². The van der Waals surface area contributed by atoms with Crippen LogP contribution in [0.4, 0.5) is 13.2 Å². The lowest BCUT2D eigenvalue weighted by atomic mass is 9.84. The normalized spacial score (nSPS) is 17.0. The van der Waals surface area contributed by atoms with Crippen LogP contribution in [0, 0.1) is 0 Å². The molecule has 0 fully saturated rings. The van der Waals surface area contributed by atoms with Gasteiger partial charge in [0.15, 0.2) is 6.10 Å². The summed E-state index contributed by atoms with van der Waals surface area (Å²) in [5, 5.41) is 0. The summed E-state index contributed by atoms with van der Waals surface area (Å²) in [6.07, 6.45) is -1.15. The maximum atomic E-state index is 13.1. The van der Waals surface area contributed by atoms with Crippen molar-refractivity contribution in [2.75, 3.05) is 6.61 Å². The molecule has 0 bridgehead atoms. The number of nitrogens with zero attached hydrogens (tertiary/aromatic N) is 3. The van der Waals surface area contributed by atoms with Gasteiger partial charge in [-0.05, 0) is 37.6 Å². The van der Waals surface area contributed by atoms with Crippen LogP contribution in [0.25, 0.3) is 11.0 Å². The van der Waals surface area contributed by atoms with Crippen LogP contribution in [0.3, 0.4) is 0 Å². The van der Waals surface area contributed by atoms with Gasteiger partial charge in [0.1, 0.15) is 17.9 Å². The molecule has 142 valence electrons. The number of alkyl halides is 3. The van der Waals surface area contributed by atoms with Gasteiger partial charge < -0.3 is 9.47 Å². The number of benzene rings is 1. The van der Waals surface area contributed by atoms with Crippen LogP contribution in [0.15, 0.2) is 42.7 Å². The molecule has 0 amide bonds. The third-order valence-electron chi connectivity index (χ3n) is 4.89. The predicted octanol–water partition coefficient (Wildman–Crippen LogP) is 4.11. The Morgan fingerprint density at radius 3 is 2.63 bits per heavy atom. The highest BCUT2D eigenvalue weighted by atomic mass is 19.4. The van der Waals surface area contributed by atoms with Gasteiger partial charge in [-0.25, -0.2) is 0 Å². The molecule has 0 aliphatic carbocycles. The molecule has 0 saturated carbocycles. The summed E-state index contributed by atoms with van der Waals surface area (Å²) in [4.78, 5) is 8.41. The highest BCUT2D eigenvalue weighted by molar-refractivity contribution is 5.75. The number of fused-ring (bicyclic) bond motifs is 3. The molecule has 3 heterocycles. The second-order valence-corrected chi connectivity index (χ2v) is 7.07. The van der Waals surface area contributed by atoms with E-state index in [0.717, 1.165) is 24.9 Å². The van der Waals surface area contributed by atoms with E-state index in [1.807, 2.05) is 10.6 Å². The maximum absolute atomic E-state index is 13.1. The first-order valence-electron chi connectivity index (χ1n) is 8.53. The molecule has 1 aromatic carbocycles. The Morgan fingerprint density at radius 2 is 1.93 bits per heavy atom. The fourth-order valence-electron chi connectivity index (χ4n) is 3.02. The van der Waals surface area contributed by atoms with Crippen LogP contribution in [0.1, 0.15) is 19.4 Å². The van der Waals surface area contributed by atoms with E-state index < -0.39 is 11.6 Å². The third-order valence-corrected chi connectivity index (χ3v) is 4.89. The minimum atomic E-state index is -4.31. The largest absolute Gasteiger partial charge is 0.490 e. The van der Waals surface area contributed by atoms with Crippen molar-refractivity contribution in [1.29, 1.82) is 0 Å². The van der Waals surface area contributed by atoms with Gasteiger partial charge in [-0.3, -0.25) is 9.55 Å². The van der Waals surface area contributed by atoms with E-state index in [-0.39, 0.29) is 18.3 Å².